The van der Waals surface area contributed by atoms with Crippen molar-refractivity contribution in [3.8, 4) is 0 Å². The lowest BCUT2D eigenvalue weighted by Gasteiger charge is -2.23. The minimum Gasteiger partial charge on any atom is -0.361 e. The molecule has 2 aromatic rings. The highest BCUT2D eigenvalue weighted by Crippen LogP contribution is 2.23. The fourth-order valence-electron chi connectivity index (χ4n) is 2.99. The predicted octanol–water partition coefficient (Wildman–Crippen LogP) is 1.30. The lowest BCUT2D eigenvalue weighted by Crippen LogP contribution is -2.40. The molecule has 7 nitrogen and oxygen atoms in total. The number of alkyl halides is 1. The van der Waals surface area contributed by atoms with Crippen molar-refractivity contribution in [3.05, 3.63) is 36.0 Å². The Morgan fingerprint density at radius 3 is 3.12 bits per heavy atom. The van der Waals surface area contributed by atoms with Crippen molar-refractivity contribution in [1.82, 2.24) is 25.2 Å². The lowest BCUT2D eigenvalue weighted by atomic mass is 10.2. The number of carbonyl (C=O) groups is 1. The smallest absolute Gasteiger partial charge is 0.221 e. The highest BCUT2D eigenvalue weighted by Gasteiger charge is 2.32. The van der Waals surface area contributed by atoms with Gasteiger partial charge in [0.2, 0.25) is 5.91 Å². The Balaban J connectivity index is 1.47. The quantitative estimate of drug-likeness (QED) is 0.825. The largest absolute Gasteiger partial charge is 0.361 e. The topological polar surface area (TPSA) is 76.2 Å². The molecule has 0 unspecified atom stereocenters. The Morgan fingerprint density at radius 1 is 1.54 bits per heavy atom. The molecule has 1 aliphatic rings. The van der Waals surface area contributed by atoms with Crippen LogP contribution in [0.4, 0.5) is 4.39 Å². The van der Waals surface area contributed by atoms with Gasteiger partial charge in [-0.15, -0.1) is 0 Å². The van der Waals surface area contributed by atoms with Gasteiger partial charge in [0.25, 0.3) is 0 Å². The van der Waals surface area contributed by atoms with E-state index in [0.717, 1.165) is 11.3 Å². The molecule has 3 heterocycles. The van der Waals surface area contributed by atoms with E-state index in [-0.39, 0.29) is 11.9 Å². The molecule has 1 fully saturated rings. The SMILES string of the molecule is Cc1oncc1CN1C[C@@H](F)C[C@H]1CNC(=O)CCn1cccn1. The Kier molecular flexibility index (Phi) is 5.24. The van der Waals surface area contributed by atoms with Crippen LogP contribution in [0.25, 0.3) is 0 Å². The van der Waals surface area contributed by atoms with Crippen LogP contribution in [0.15, 0.2) is 29.2 Å². The van der Waals surface area contributed by atoms with Crippen LogP contribution >= 0.6 is 0 Å². The molecule has 24 heavy (non-hydrogen) atoms. The number of aryl methyl sites for hydroxylation is 2. The van der Waals surface area contributed by atoms with Gasteiger partial charge in [0.05, 0.1) is 6.20 Å². The van der Waals surface area contributed by atoms with Crippen molar-refractivity contribution in [2.75, 3.05) is 13.1 Å². The van der Waals surface area contributed by atoms with E-state index in [4.69, 9.17) is 4.52 Å². The first-order valence-corrected chi connectivity index (χ1v) is 8.14. The van der Waals surface area contributed by atoms with Gasteiger partial charge in [-0.1, -0.05) is 5.16 Å². The average Bonchev–Trinajstić information content (AvgIpc) is 3.27. The number of halogens is 1. The van der Waals surface area contributed by atoms with Crippen molar-refractivity contribution < 1.29 is 13.7 Å². The summed E-state index contributed by atoms with van der Waals surface area (Å²) in [6, 6.07) is 1.81. The first kappa shape index (κ1) is 16.6. The highest BCUT2D eigenvalue weighted by molar-refractivity contribution is 5.75. The van der Waals surface area contributed by atoms with E-state index < -0.39 is 6.17 Å². The lowest BCUT2D eigenvalue weighted by molar-refractivity contribution is -0.121. The Morgan fingerprint density at radius 2 is 2.42 bits per heavy atom. The number of hydrogen-bond acceptors (Lipinski definition) is 5. The number of aromatic nitrogens is 3. The summed E-state index contributed by atoms with van der Waals surface area (Å²) in [6.45, 7) is 3.79. The van der Waals surface area contributed by atoms with Gasteiger partial charge in [-0.05, 0) is 19.4 Å². The van der Waals surface area contributed by atoms with Crippen LogP contribution in [-0.2, 0) is 17.9 Å². The van der Waals surface area contributed by atoms with E-state index >= 15 is 0 Å². The van der Waals surface area contributed by atoms with Crippen molar-refractivity contribution in [2.45, 2.75) is 45.1 Å². The molecule has 1 saturated heterocycles. The maximum atomic E-state index is 13.8. The maximum Gasteiger partial charge on any atom is 0.221 e. The molecule has 1 aliphatic heterocycles. The van der Waals surface area contributed by atoms with Gasteiger partial charge in [0.1, 0.15) is 11.9 Å². The molecule has 1 N–H and O–H groups in total. The fourth-order valence-corrected chi connectivity index (χ4v) is 2.99. The molecule has 3 rings (SSSR count). The first-order chi connectivity index (χ1) is 11.6. The first-order valence-electron chi connectivity index (χ1n) is 8.14. The summed E-state index contributed by atoms with van der Waals surface area (Å²) in [5.41, 5.74) is 0.958. The van der Waals surface area contributed by atoms with Crippen LogP contribution in [0, 0.1) is 6.92 Å². The number of nitrogens with one attached hydrogen (secondary N) is 1. The van der Waals surface area contributed by atoms with Gasteiger partial charge in [-0.25, -0.2) is 4.39 Å². The Labute approximate surface area is 139 Å². The molecule has 0 aromatic carbocycles. The maximum absolute atomic E-state index is 13.8. The number of amides is 1. The van der Waals surface area contributed by atoms with Crippen LogP contribution in [0.5, 0.6) is 0 Å². The van der Waals surface area contributed by atoms with E-state index in [1.807, 2.05) is 24.1 Å². The van der Waals surface area contributed by atoms with Gasteiger partial charge in [-0.2, -0.15) is 5.10 Å². The van der Waals surface area contributed by atoms with Crippen molar-refractivity contribution in [2.24, 2.45) is 0 Å². The second kappa shape index (κ2) is 7.57. The number of carbonyl (C=O) groups excluding carboxylic acids is 1. The molecule has 0 spiro atoms. The molecular weight excluding hydrogens is 313 g/mol. The summed E-state index contributed by atoms with van der Waals surface area (Å²) in [6.07, 6.45) is 5.10. The molecule has 0 aliphatic carbocycles. The second-order valence-electron chi connectivity index (χ2n) is 6.15. The van der Waals surface area contributed by atoms with Gasteiger partial charge in [0.15, 0.2) is 0 Å². The molecule has 1 amide bonds. The summed E-state index contributed by atoms with van der Waals surface area (Å²) < 4.78 is 20.6. The molecular formula is C16H22FN5O2. The van der Waals surface area contributed by atoms with Crippen LogP contribution in [-0.4, -0.2) is 51.0 Å². The molecule has 8 heteroatoms. The minimum atomic E-state index is -0.865. The zero-order chi connectivity index (χ0) is 16.9. The second-order valence-corrected chi connectivity index (χ2v) is 6.15. The molecule has 0 radical (unpaired) electrons. The number of rotatable bonds is 7. The van der Waals surface area contributed by atoms with E-state index in [2.05, 4.69) is 15.6 Å². The third kappa shape index (κ3) is 4.19. The third-order valence-electron chi connectivity index (χ3n) is 4.36. The van der Waals surface area contributed by atoms with Crippen LogP contribution in [0.3, 0.4) is 0 Å². The van der Waals surface area contributed by atoms with E-state index in [1.165, 1.54) is 0 Å². The highest BCUT2D eigenvalue weighted by atomic mass is 19.1. The van der Waals surface area contributed by atoms with Gasteiger partial charge in [0, 0.05) is 56.6 Å². The molecule has 2 aromatic heterocycles. The Bertz CT molecular complexity index is 657. The van der Waals surface area contributed by atoms with Crippen LogP contribution in [0.1, 0.15) is 24.2 Å². The normalized spacial score (nSPS) is 21.2. The van der Waals surface area contributed by atoms with Gasteiger partial charge in [-0.3, -0.25) is 14.4 Å². The number of hydrogen-bond donors (Lipinski definition) is 1. The minimum absolute atomic E-state index is 0.0112. The molecule has 2 atom stereocenters. The monoisotopic (exact) mass is 335 g/mol. The van der Waals surface area contributed by atoms with Gasteiger partial charge >= 0.3 is 0 Å². The van der Waals surface area contributed by atoms with E-state index in [0.29, 0.717) is 39.0 Å². The Hall–Kier alpha value is -2.22. The summed E-state index contributed by atoms with van der Waals surface area (Å²) >= 11 is 0. The van der Waals surface area contributed by atoms with E-state index in [9.17, 15) is 9.18 Å². The van der Waals surface area contributed by atoms with Gasteiger partial charge < -0.3 is 9.84 Å². The van der Waals surface area contributed by atoms with E-state index in [1.54, 1.807) is 17.1 Å². The zero-order valence-corrected chi connectivity index (χ0v) is 13.7. The van der Waals surface area contributed by atoms with Crippen molar-refractivity contribution in [3.63, 3.8) is 0 Å². The standard InChI is InChI=1S/C16H22FN5O2/c1-12-13(8-20-24-12)10-21-11-14(17)7-15(21)9-18-16(23)3-6-22-5-2-4-19-22/h2,4-5,8,14-15H,3,6-7,9-11H2,1H3,(H,18,23)/t14-,15-/m0/s1. The predicted molar refractivity (Wildman–Crippen MR) is 84.8 cm³/mol. The average molecular weight is 335 g/mol. The molecule has 0 bridgehead atoms. The van der Waals surface area contributed by atoms with Crippen molar-refractivity contribution >= 4 is 5.91 Å². The van der Waals surface area contributed by atoms with Crippen molar-refractivity contribution in [1.29, 1.82) is 0 Å². The third-order valence-corrected chi connectivity index (χ3v) is 4.36. The number of likely N-dealkylation sites (tertiary alicyclic amines) is 1. The fraction of sp³-hybridized carbons (Fsp3) is 0.562. The summed E-state index contributed by atoms with van der Waals surface area (Å²) in [7, 11) is 0. The van der Waals surface area contributed by atoms with Crippen LogP contribution in [0.2, 0.25) is 0 Å². The summed E-state index contributed by atoms with van der Waals surface area (Å²) in [4.78, 5) is 14.0. The number of nitrogens with zero attached hydrogens (tertiary/aromatic N) is 4. The van der Waals surface area contributed by atoms with Crippen LogP contribution < -0.4 is 5.32 Å². The zero-order valence-electron chi connectivity index (χ0n) is 13.7. The summed E-state index contributed by atoms with van der Waals surface area (Å²) in [5, 5.41) is 10.7. The molecule has 130 valence electrons. The summed E-state index contributed by atoms with van der Waals surface area (Å²) in [5.74, 6) is 0.702. The molecule has 0 saturated carbocycles.